The lowest BCUT2D eigenvalue weighted by atomic mass is 10.2. The number of halogens is 2. The van der Waals surface area contributed by atoms with Gasteiger partial charge in [0.2, 0.25) is 5.91 Å². The van der Waals surface area contributed by atoms with Gasteiger partial charge in [-0.15, -0.1) is 0 Å². The van der Waals surface area contributed by atoms with Crippen LogP contribution in [0.5, 0.6) is 5.75 Å². The number of anilines is 2. The van der Waals surface area contributed by atoms with Gasteiger partial charge < -0.3 is 15.4 Å². The van der Waals surface area contributed by atoms with Gasteiger partial charge in [0.1, 0.15) is 12.4 Å². The fourth-order valence-corrected chi connectivity index (χ4v) is 3.18. The summed E-state index contributed by atoms with van der Waals surface area (Å²) in [6, 6.07) is 21.2. The fraction of sp³-hybridized carbons (Fsp3) is 0.136. The van der Waals surface area contributed by atoms with E-state index in [0.717, 1.165) is 32.7 Å². The minimum absolute atomic E-state index is 0.0858. The molecule has 0 radical (unpaired) electrons. The summed E-state index contributed by atoms with van der Waals surface area (Å²) in [6.45, 7) is 2.57. The first-order valence-electron chi connectivity index (χ1n) is 8.77. The van der Waals surface area contributed by atoms with E-state index in [2.05, 4.69) is 26.6 Å². The van der Waals surface area contributed by atoms with Crippen LogP contribution in [-0.4, -0.2) is 5.91 Å². The van der Waals surface area contributed by atoms with Crippen molar-refractivity contribution in [3.63, 3.8) is 0 Å². The summed E-state index contributed by atoms with van der Waals surface area (Å²) in [6.07, 6.45) is 0. The third kappa shape index (κ3) is 6.01. The van der Waals surface area contributed by atoms with Crippen molar-refractivity contribution >= 4 is 44.8 Å². The second kappa shape index (κ2) is 9.62. The van der Waals surface area contributed by atoms with Crippen LogP contribution < -0.4 is 15.4 Å². The van der Waals surface area contributed by atoms with Crippen LogP contribution in [0.15, 0.2) is 71.2 Å². The van der Waals surface area contributed by atoms with Gasteiger partial charge in [0.15, 0.2) is 0 Å². The molecule has 144 valence electrons. The van der Waals surface area contributed by atoms with Crippen LogP contribution in [0.25, 0.3) is 0 Å². The number of rotatable bonds is 7. The Balaban J connectivity index is 1.65. The van der Waals surface area contributed by atoms with Crippen LogP contribution in [-0.2, 0) is 17.9 Å². The zero-order chi connectivity index (χ0) is 19.9. The molecule has 28 heavy (non-hydrogen) atoms. The molecule has 0 heterocycles. The Bertz CT molecular complexity index is 944. The molecule has 4 nitrogen and oxygen atoms in total. The molecule has 0 atom stereocenters. The molecule has 2 N–H and O–H groups in total. The molecule has 3 aromatic rings. The maximum Gasteiger partial charge on any atom is 0.221 e. The summed E-state index contributed by atoms with van der Waals surface area (Å²) in [4.78, 5) is 11.1. The molecule has 0 unspecified atom stereocenters. The minimum atomic E-state index is -0.0858. The number of carbonyl (C=O) groups excluding carboxylic acids is 1. The van der Waals surface area contributed by atoms with E-state index in [9.17, 15) is 4.79 Å². The number of hydrogen-bond donors (Lipinski definition) is 2. The lowest BCUT2D eigenvalue weighted by Gasteiger charge is -2.14. The van der Waals surface area contributed by atoms with E-state index >= 15 is 0 Å². The number of amides is 1. The lowest BCUT2D eigenvalue weighted by Crippen LogP contribution is -2.06. The number of carbonyl (C=O) groups is 1. The highest BCUT2D eigenvalue weighted by Gasteiger charge is 2.06. The molecule has 0 aromatic heterocycles. The topological polar surface area (TPSA) is 50.4 Å². The van der Waals surface area contributed by atoms with E-state index in [1.165, 1.54) is 6.92 Å². The Morgan fingerprint density at radius 2 is 1.68 bits per heavy atom. The molecule has 0 saturated heterocycles. The second-order valence-electron chi connectivity index (χ2n) is 6.28. The maximum atomic E-state index is 11.1. The number of nitrogens with one attached hydrogen (secondary N) is 2. The third-order valence-corrected chi connectivity index (χ3v) is 4.76. The van der Waals surface area contributed by atoms with Gasteiger partial charge in [0.05, 0.1) is 0 Å². The number of benzene rings is 3. The molecule has 0 fully saturated rings. The molecule has 1 amide bonds. The van der Waals surface area contributed by atoms with E-state index < -0.39 is 0 Å². The summed E-state index contributed by atoms with van der Waals surface area (Å²) in [5.41, 5.74) is 3.82. The first-order valence-corrected chi connectivity index (χ1v) is 9.94. The van der Waals surface area contributed by atoms with Crippen molar-refractivity contribution in [1.82, 2.24) is 0 Å². The van der Waals surface area contributed by atoms with Crippen molar-refractivity contribution in [1.29, 1.82) is 0 Å². The largest absolute Gasteiger partial charge is 0.489 e. The molecular weight excluding hydrogens is 440 g/mol. The lowest BCUT2D eigenvalue weighted by molar-refractivity contribution is -0.114. The fourth-order valence-electron chi connectivity index (χ4n) is 2.64. The molecule has 3 rings (SSSR count). The standard InChI is InChI=1S/C22H20BrClN2O2/c1-15(27)26-21-9-7-20(8-10-21)25-13-17-12-18(23)4-11-22(17)28-14-16-2-5-19(24)6-3-16/h2-12,25H,13-14H2,1H3,(H,26,27). The molecular formula is C22H20BrClN2O2. The highest BCUT2D eigenvalue weighted by Crippen LogP contribution is 2.26. The van der Waals surface area contributed by atoms with Gasteiger partial charge in [-0.2, -0.15) is 0 Å². The van der Waals surface area contributed by atoms with Gasteiger partial charge in [-0.3, -0.25) is 4.79 Å². The van der Waals surface area contributed by atoms with Gasteiger partial charge in [-0.05, 0) is 60.2 Å². The Labute approximate surface area is 178 Å². The molecule has 6 heteroatoms. The number of hydrogen-bond acceptors (Lipinski definition) is 3. The average Bonchev–Trinajstić information content (AvgIpc) is 2.67. The monoisotopic (exact) mass is 458 g/mol. The summed E-state index contributed by atoms with van der Waals surface area (Å²) >= 11 is 9.45. The van der Waals surface area contributed by atoms with Crippen molar-refractivity contribution in [3.05, 3.63) is 87.4 Å². The van der Waals surface area contributed by atoms with Crippen molar-refractivity contribution < 1.29 is 9.53 Å². The Morgan fingerprint density at radius 3 is 2.36 bits per heavy atom. The van der Waals surface area contributed by atoms with Crippen molar-refractivity contribution in [2.45, 2.75) is 20.1 Å². The Kier molecular flexibility index (Phi) is 6.95. The molecule has 0 aliphatic rings. The highest BCUT2D eigenvalue weighted by molar-refractivity contribution is 9.10. The molecule has 3 aromatic carbocycles. The first-order chi connectivity index (χ1) is 13.5. The van der Waals surface area contributed by atoms with Gasteiger partial charge >= 0.3 is 0 Å². The quantitative estimate of drug-likeness (QED) is 0.439. The SMILES string of the molecule is CC(=O)Nc1ccc(NCc2cc(Br)ccc2OCc2ccc(Cl)cc2)cc1. The maximum absolute atomic E-state index is 11.1. The summed E-state index contributed by atoms with van der Waals surface area (Å²) in [5, 5.41) is 6.85. The third-order valence-electron chi connectivity index (χ3n) is 4.02. The molecule has 0 aliphatic heterocycles. The smallest absolute Gasteiger partial charge is 0.221 e. The zero-order valence-electron chi connectivity index (χ0n) is 15.3. The van der Waals surface area contributed by atoms with Gasteiger partial charge in [0, 0.05) is 39.9 Å². The summed E-state index contributed by atoms with van der Waals surface area (Å²) in [7, 11) is 0. The van der Waals surface area contributed by atoms with Crippen LogP contribution in [0.4, 0.5) is 11.4 Å². The number of ether oxygens (including phenoxy) is 1. The van der Waals surface area contributed by atoms with Crippen molar-refractivity contribution in [2.75, 3.05) is 10.6 Å². The molecule has 0 saturated carbocycles. The molecule has 0 bridgehead atoms. The van der Waals surface area contributed by atoms with Gasteiger partial charge in [-0.1, -0.05) is 39.7 Å². The van der Waals surface area contributed by atoms with Crippen LogP contribution in [0.3, 0.4) is 0 Å². The molecule has 0 aliphatic carbocycles. The summed E-state index contributed by atoms with van der Waals surface area (Å²) in [5.74, 6) is 0.734. The first kappa shape index (κ1) is 20.2. The summed E-state index contributed by atoms with van der Waals surface area (Å²) < 4.78 is 7.01. The molecule has 0 spiro atoms. The van der Waals surface area contributed by atoms with Crippen molar-refractivity contribution in [3.8, 4) is 5.75 Å². The minimum Gasteiger partial charge on any atom is -0.489 e. The normalized spacial score (nSPS) is 10.4. The van der Waals surface area contributed by atoms with Crippen LogP contribution in [0.1, 0.15) is 18.1 Å². The van der Waals surface area contributed by atoms with Crippen LogP contribution in [0.2, 0.25) is 5.02 Å². The Hall–Kier alpha value is -2.50. The van der Waals surface area contributed by atoms with E-state index in [1.54, 1.807) is 0 Å². The Morgan fingerprint density at radius 1 is 1.00 bits per heavy atom. The van der Waals surface area contributed by atoms with E-state index in [1.807, 2.05) is 66.7 Å². The van der Waals surface area contributed by atoms with Gasteiger partial charge in [0.25, 0.3) is 0 Å². The van der Waals surface area contributed by atoms with Crippen LogP contribution >= 0.6 is 27.5 Å². The predicted octanol–water partition coefficient (Wildman–Crippen LogP) is 6.25. The van der Waals surface area contributed by atoms with Gasteiger partial charge in [-0.25, -0.2) is 0 Å². The van der Waals surface area contributed by atoms with Crippen molar-refractivity contribution in [2.24, 2.45) is 0 Å². The van der Waals surface area contributed by atoms with E-state index in [0.29, 0.717) is 18.2 Å². The van der Waals surface area contributed by atoms with Crippen LogP contribution in [0, 0.1) is 0 Å². The zero-order valence-corrected chi connectivity index (χ0v) is 17.7. The predicted molar refractivity (Wildman–Crippen MR) is 118 cm³/mol. The van der Waals surface area contributed by atoms with E-state index in [-0.39, 0.29) is 5.91 Å². The average molecular weight is 460 g/mol. The van der Waals surface area contributed by atoms with E-state index in [4.69, 9.17) is 16.3 Å². The second-order valence-corrected chi connectivity index (χ2v) is 7.63. The highest BCUT2D eigenvalue weighted by atomic mass is 79.9.